The molecule has 0 radical (unpaired) electrons. The highest BCUT2D eigenvalue weighted by Gasteiger charge is 2.26. The zero-order valence-corrected chi connectivity index (χ0v) is 13.5. The molecule has 1 heterocycles. The fourth-order valence-corrected chi connectivity index (χ4v) is 4.20. The summed E-state index contributed by atoms with van der Waals surface area (Å²) in [6, 6.07) is 4.01. The number of aromatic nitrogens is 2. The van der Waals surface area contributed by atoms with Crippen LogP contribution in [0.2, 0.25) is 10.0 Å². The van der Waals surface area contributed by atoms with Gasteiger partial charge in [-0.25, -0.2) is 17.6 Å². The van der Waals surface area contributed by atoms with Gasteiger partial charge in [0.1, 0.15) is 4.90 Å². The fourth-order valence-electron chi connectivity index (χ4n) is 1.86. The van der Waals surface area contributed by atoms with Gasteiger partial charge in [0, 0.05) is 6.54 Å². The Morgan fingerprint density at radius 1 is 1.27 bits per heavy atom. The summed E-state index contributed by atoms with van der Waals surface area (Å²) in [6.45, 7) is 1.42. The molecule has 2 aromatic rings. The van der Waals surface area contributed by atoms with Gasteiger partial charge in [-0.3, -0.25) is 9.98 Å². The maximum absolute atomic E-state index is 13.8. The van der Waals surface area contributed by atoms with Crippen molar-refractivity contribution in [2.75, 3.05) is 0 Å². The fraction of sp³-hybridized carbons (Fsp3) is 0.167. The first kappa shape index (κ1) is 16.7. The Bertz CT molecular complexity index is 946. The van der Waals surface area contributed by atoms with Crippen molar-refractivity contribution in [3.05, 3.63) is 56.2 Å². The highest BCUT2D eigenvalue weighted by molar-refractivity contribution is 7.90. The van der Waals surface area contributed by atoms with E-state index in [1.165, 1.54) is 25.1 Å². The zero-order valence-electron chi connectivity index (χ0n) is 11.2. The van der Waals surface area contributed by atoms with E-state index < -0.39 is 31.9 Å². The minimum atomic E-state index is -4.51. The Hall–Kier alpha value is -1.64. The highest BCUT2D eigenvalue weighted by atomic mass is 35.5. The van der Waals surface area contributed by atoms with Gasteiger partial charge < -0.3 is 0 Å². The Morgan fingerprint density at radius 3 is 2.32 bits per heavy atom. The van der Waals surface area contributed by atoms with Crippen molar-refractivity contribution in [3.63, 3.8) is 0 Å². The van der Waals surface area contributed by atoms with Crippen LogP contribution in [0.5, 0.6) is 0 Å². The molecule has 1 N–H and O–H groups in total. The molecule has 6 nitrogen and oxygen atoms in total. The van der Waals surface area contributed by atoms with E-state index in [9.17, 15) is 17.6 Å². The molecule has 10 heteroatoms. The topological polar surface area (TPSA) is 84.9 Å². The van der Waals surface area contributed by atoms with Crippen LogP contribution in [0.25, 0.3) is 0 Å². The van der Waals surface area contributed by atoms with Gasteiger partial charge in [0.05, 0.1) is 16.2 Å². The van der Waals surface area contributed by atoms with Gasteiger partial charge in [-0.05, 0) is 19.1 Å². The van der Waals surface area contributed by atoms with Crippen LogP contribution in [0, 0.1) is 11.2 Å². The first-order valence-electron chi connectivity index (χ1n) is 5.98. The van der Waals surface area contributed by atoms with Crippen molar-refractivity contribution in [1.82, 2.24) is 8.54 Å². The van der Waals surface area contributed by atoms with Crippen LogP contribution in [0.1, 0.15) is 6.92 Å². The molecule has 2 rings (SSSR count). The van der Waals surface area contributed by atoms with Crippen LogP contribution < -0.4 is 11.2 Å². The first-order valence-corrected chi connectivity index (χ1v) is 8.17. The second-order valence-electron chi connectivity index (χ2n) is 4.20. The smallest absolute Gasteiger partial charge is 0.282 e. The zero-order chi connectivity index (χ0) is 16.7. The molecular weight excluding hydrogens is 356 g/mol. The highest BCUT2D eigenvalue weighted by Crippen LogP contribution is 2.29. The molecule has 0 fully saturated rings. The molecule has 0 amide bonds. The molecule has 1 aromatic carbocycles. The second kappa shape index (κ2) is 5.86. The van der Waals surface area contributed by atoms with Gasteiger partial charge in [0.2, 0.25) is 0 Å². The van der Waals surface area contributed by atoms with Crippen LogP contribution in [0.4, 0.5) is 4.39 Å². The van der Waals surface area contributed by atoms with E-state index in [-0.39, 0.29) is 20.6 Å². The van der Waals surface area contributed by atoms with Crippen molar-refractivity contribution in [1.29, 1.82) is 5.41 Å². The minimum Gasteiger partial charge on any atom is -0.282 e. The van der Waals surface area contributed by atoms with Crippen LogP contribution in [0.3, 0.4) is 0 Å². The number of halogens is 3. The lowest BCUT2D eigenvalue weighted by molar-refractivity contribution is 0.516. The monoisotopic (exact) mass is 365 g/mol. The third-order valence-electron chi connectivity index (χ3n) is 2.90. The molecule has 0 saturated carbocycles. The number of hydrogen-bond acceptors (Lipinski definition) is 4. The molecule has 0 bridgehead atoms. The van der Waals surface area contributed by atoms with Crippen molar-refractivity contribution >= 4 is 33.2 Å². The van der Waals surface area contributed by atoms with Gasteiger partial charge >= 0.3 is 5.69 Å². The van der Waals surface area contributed by atoms with Gasteiger partial charge in [-0.2, -0.15) is 3.97 Å². The number of nitrogens with zero attached hydrogens (tertiary/aromatic N) is 2. The Kier molecular flexibility index (Phi) is 4.46. The number of rotatable bonds is 3. The molecule has 0 saturated heterocycles. The molecule has 1 aromatic heterocycles. The largest absolute Gasteiger partial charge is 0.343 e. The molecule has 0 spiro atoms. The number of hydrogen-bond donors (Lipinski definition) is 1. The van der Waals surface area contributed by atoms with Gasteiger partial charge in [-0.1, -0.05) is 29.3 Å². The molecule has 118 valence electrons. The molecular formula is C12H10Cl2FN3O3S. The normalized spacial score (nSPS) is 11.6. The summed E-state index contributed by atoms with van der Waals surface area (Å²) in [5.41, 5.74) is -1.78. The van der Waals surface area contributed by atoms with Crippen molar-refractivity contribution < 1.29 is 12.8 Å². The average Bonchev–Trinajstić information content (AvgIpc) is 2.43. The lowest BCUT2D eigenvalue weighted by Crippen LogP contribution is -2.43. The average molecular weight is 366 g/mol. The molecule has 0 aliphatic rings. The van der Waals surface area contributed by atoms with Crippen LogP contribution in [0.15, 0.2) is 34.1 Å². The number of benzene rings is 1. The predicted octanol–water partition coefficient (Wildman–Crippen LogP) is 1.83. The summed E-state index contributed by atoms with van der Waals surface area (Å²) in [4.78, 5) is 11.7. The summed E-state index contributed by atoms with van der Waals surface area (Å²) >= 11 is 11.7. The Labute approximate surface area is 134 Å². The van der Waals surface area contributed by atoms with Crippen LogP contribution in [-0.4, -0.2) is 17.0 Å². The van der Waals surface area contributed by atoms with E-state index in [2.05, 4.69) is 0 Å². The molecule has 0 unspecified atom stereocenters. The molecule has 0 aliphatic heterocycles. The number of nitrogens with one attached hydrogen (secondary N) is 1. The summed E-state index contributed by atoms with van der Waals surface area (Å²) in [5, 5.41) is 7.06. The Balaban J connectivity index is 2.90. The minimum absolute atomic E-state index is 0.0683. The third-order valence-corrected chi connectivity index (χ3v) is 5.49. The summed E-state index contributed by atoms with van der Waals surface area (Å²) in [5.74, 6) is -1.16. The van der Waals surface area contributed by atoms with E-state index in [1.54, 1.807) is 0 Å². The SMILES string of the molecule is CCn1c(=N)c(F)cn(S(=O)(=O)c2c(Cl)cccc2Cl)c1=O. The second-order valence-corrected chi connectivity index (χ2v) is 6.77. The van der Waals surface area contributed by atoms with Crippen molar-refractivity contribution in [2.24, 2.45) is 0 Å². The predicted molar refractivity (Wildman–Crippen MR) is 79.2 cm³/mol. The molecule has 0 aliphatic carbocycles. The quantitative estimate of drug-likeness (QED) is 0.900. The molecule has 0 atom stereocenters. The lowest BCUT2D eigenvalue weighted by atomic mass is 10.4. The third kappa shape index (κ3) is 2.57. The van der Waals surface area contributed by atoms with E-state index in [4.69, 9.17) is 28.6 Å². The first-order chi connectivity index (χ1) is 10.2. The maximum Gasteiger partial charge on any atom is 0.343 e. The van der Waals surface area contributed by atoms with Crippen molar-refractivity contribution in [2.45, 2.75) is 18.4 Å². The lowest BCUT2D eigenvalue weighted by Gasteiger charge is -2.13. The standard InChI is InChI=1S/C12H10Cl2FN3O3S/c1-2-17-11(16)9(15)6-18(12(17)19)22(20,21)10-7(13)4-3-5-8(10)14/h3-6,16H,2H2,1H3. The summed E-state index contributed by atoms with van der Waals surface area (Å²) in [7, 11) is -4.51. The van der Waals surface area contributed by atoms with Gasteiger partial charge in [0.15, 0.2) is 11.3 Å². The van der Waals surface area contributed by atoms with Crippen LogP contribution >= 0.6 is 23.2 Å². The van der Waals surface area contributed by atoms with Gasteiger partial charge in [0.25, 0.3) is 10.0 Å². The van der Waals surface area contributed by atoms with E-state index in [0.29, 0.717) is 10.8 Å². The summed E-state index contributed by atoms with van der Waals surface area (Å²) < 4.78 is 39.8. The van der Waals surface area contributed by atoms with E-state index >= 15 is 0 Å². The maximum atomic E-state index is 13.8. The van der Waals surface area contributed by atoms with Gasteiger partial charge in [-0.15, -0.1) is 0 Å². The van der Waals surface area contributed by atoms with Crippen LogP contribution in [-0.2, 0) is 16.6 Å². The van der Waals surface area contributed by atoms with E-state index in [0.717, 1.165) is 0 Å². The Morgan fingerprint density at radius 2 is 1.82 bits per heavy atom. The molecule has 22 heavy (non-hydrogen) atoms. The van der Waals surface area contributed by atoms with Crippen molar-refractivity contribution in [3.8, 4) is 0 Å². The van der Waals surface area contributed by atoms with E-state index in [1.807, 2.05) is 0 Å². The summed E-state index contributed by atoms with van der Waals surface area (Å²) in [6.07, 6.45) is 0.436.